The smallest absolute Gasteiger partial charge is 0.198 e. The Labute approximate surface area is 82.4 Å². The van der Waals surface area contributed by atoms with E-state index in [1.54, 1.807) is 0 Å². The van der Waals surface area contributed by atoms with Crippen molar-refractivity contribution in [2.45, 2.75) is 31.7 Å². The fourth-order valence-corrected chi connectivity index (χ4v) is 2.56. The third-order valence-electron chi connectivity index (χ3n) is 1.25. The van der Waals surface area contributed by atoms with Crippen LogP contribution in [0.25, 0.3) is 0 Å². The van der Waals surface area contributed by atoms with Crippen molar-refractivity contribution in [1.29, 1.82) is 5.26 Å². The van der Waals surface area contributed by atoms with Crippen LogP contribution in [0.3, 0.4) is 0 Å². The van der Waals surface area contributed by atoms with Crippen LogP contribution >= 0.6 is 33.2 Å². The monoisotopic (exact) mass is 229 g/mol. The van der Waals surface area contributed by atoms with Crippen LogP contribution < -0.4 is 0 Å². The molecule has 0 radical (unpaired) electrons. The molecule has 0 aromatic heterocycles. The molecule has 5 heteroatoms. The summed E-state index contributed by atoms with van der Waals surface area (Å²) in [5.41, 5.74) is 0. The van der Waals surface area contributed by atoms with Crippen LogP contribution in [0.2, 0.25) is 6.04 Å². The predicted octanol–water partition coefficient (Wildman–Crippen LogP) is 3.73. The van der Waals surface area contributed by atoms with Crippen molar-refractivity contribution < 1.29 is 0 Å². The minimum atomic E-state index is -2.38. The fraction of sp³-hybridized carbons (Fsp3) is 0.833. The zero-order valence-corrected chi connectivity index (χ0v) is 9.38. The predicted molar refractivity (Wildman–Crippen MR) is 52.2 cm³/mol. The van der Waals surface area contributed by atoms with Gasteiger partial charge in [-0.15, -0.1) is 33.2 Å². The van der Waals surface area contributed by atoms with Crippen LogP contribution in [-0.4, -0.2) is 6.00 Å². The Kier molecular flexibility index (Phi) is 6.45. The van der Waals surface area contributed by atoms with E-state index in [1.165, 1.54) is 0 Å². The summed E-state index contributed by atoms with van der Waals surface area (Å²) in [5.74, 6) is 0. The Morgan fingerprint density at radius 1 is 1.09 bits per heavy atom. The van der Waals surface area contributed by atoms with Crippen molar-refractivity contribution in [3.63, 3.8) is 0 Å². The first-order valence-electron chi connectivity index (χ1n) is 3.50. The van der Waals surface area contributed by atoms with Crippen molar-refractivity contribution in [1.82, 2.24) is 0 Å². The molecule has 0 N–H and O–H groups in total. The first-order chi connectivity index (χ1) is 5.06. The average Bonchev–Trinajstić information content (AvgIpc) is 1.85. The molecule has 11 heavy (non-hydrogen) atoms. The molecule has 0 aliphatic rings. The third-order valence-corrected chi connectivity index (χ3v) is 3.87. The van der Waals surface area contributed by atoms with Gasteiger partial charge in [-0.25, -0.2) is 0 Å². The Morgan fingerprint density at radius 2 is 1.73 bits per heavy atom. The highest BCUT2D eigenvalue weighted by atomic mass is 35.8. The number of halogens is 3. The summed E-state index contributed by atoms with van der Waals surface area (Å²) in [5, 5.41) is 8.21. The quantitative estimate of drug-likeness (QED) is 0.401. The van der Waals surface area contributed by atoms with Gasteiger partial charge < -0.3 is 0 Å². The van der Waals surface area contributed by atoms with E-state index >= 15 is 0 Å². The maximum absolute atomic E-state index is 8.21. The summed E-state index contributed by atoms with van der Waals surface area (Å²) < 4.78 is 0. The summed E-state index contributed by atoms with van der Waals surface area (Å²) in [6.07, 6.45) is 3.46. The standard InChI is InChI=1S/C6H10Cl3NSi/c7-11(8,9)6-4-2-1-3-5-10/h1-4,6H2. The van der Waals surface area contributed by atoms with Crippen molar-refractivity contribution in [3.8, 4) is 6.07 Å². The second kappa shape index (κ2) is 6.13. The second-order valence-corrected chi connectivity index (χ2v) is 11.6. The molecule has 0 bridgehead atoms. The largest absolute Gasteiger partial charge is 0.341 e. The van der Waals surface area contributed by atoms with Gasteiger partial charge in [0.1, 0.15) is 0 Å². The third kappa shape index (κ3) is 10.6. The number of hydrogen-bond acceptors (Lipinski definition) is 1. The Morgan fingerprint density at radius 3 is 2.18 bits per heavy atom. The molecular formula is C6H10Cl3NSi. The Bertz CT molecular complexity index is 138. The van der Waals surface area contributed by atoms with E-state index in [9.17, 15) is 0 Å². The van der Waals surface area contributed by atoms with E-state index in [-0.39, 0.29) is 0 Å². The highest BCUT2D eigenvalue weighted by Gasteiger charge is 2.23. The van der Waals surface area contributed by atoms with E-state index < -0.39 is 6.00 Å². The molecule has 0 fully saturated rings. The van der Waals surface area contributed by atoms with Gasteiger partial charge in [-0.1, -0.05) is 12.8 Å². The van der Waals surface area contributed by atoms with Gasteiger partial charge in [0, 0.05) is 6.42 Å². The van der Waals surface area contributed by atoms with Gasteiger partial charge in [0.25, 0.3) is 0 Å². The zero-order valence-electron chi connectivity index (χ0n) is 6.12. The molecular weight excluding hydrogens is 221 g/mol. The lowest BCUT2D eigenvalue weighted by Crippen LogP contribution is -2.07. The number of rotatable bonds is 5. The normalized spacial score (nSPS) is 11.1. The van der Waals surface area contributed by atoms with Crippen molar-refractivity contribution >= 4 is 39.2 Å². The second-order valence-electron chi connectivity index (χ2n) is 2.33. The van der Waals surface area contributed by atoms with Crippen LogP contribution in [-0.2, 0) is 0 Å². The summed E-state index contributed by atoms with van der Waals surface area (Å²) in [6, 6.07) is 0.405. The number of unbranched alkanes of at least 4 members (excludes halogenated alkanes) is 3. The lowest BCUT2D eigenvalue weighted by molar-refractivity contribution is 0.731. The number of nitriles is 1. The minimum Gasteiger partial charge on any atom is -0.198 e. The van der Waals surface area contributed by atoms with Crippen LogP contribution in [0.5, 0.6) is 0 Å². The maximum atomic E-state index is 8.21. The van der Waals surface area contributed by atoms with Crippen molar-refractivity contribution in [2.75, 3.05) is 0 Å². The van der Waals surface area contributed by atoms with Gasteiger partial charge in [0.2, 0.25) is 0 Å². The highest BCUT2D eigenvalue weighted by molar-refractivity contribution is 7.64. The van der Waals surface area contributed by atoms with Gasteiger partial charge in [0.05, 0.1) is 6.07 Å². The summed E-state index contributed by atoms with van der Waals surface area (Å²) in [6.45, 7) is 0. The molecule has 64 valence electrons. The highest BCUT2D eigenvalue weighted by Crippen LogP contribution is 2.27. The average molecular weight is 231 g/mol. The Hall–Kier alpha value is 0.577. The summed E-state index contributed by atoms with van der Waals surface area (Å²) in [4.78, 5) is 0. The van der Waals surface area contributed by atoms with Gasteiger partial charge in [-0.05, 0) is 12.5 Å². The molecule has 0 heterocycles. The van der Waals surface area contributed by atoms with E-state index in [2.05, 4.69) is 6.07 Å². The number of hydrogen-bond donors (Lipinski definition) is 0. The molecule has 0 aromatic carbocycles. The number of nitrogens with zero attached hydrogens (tertiary/aromatic N) is 1. The first kappa shape index (κ1) is 11.6. The molecule has 0 saturated carbocycles. The van der Waals surface area contributed by atoms with Crippen molar-refractivity contribution in [2.24, 2.45) is 0 Å². The van der Waals surface area contributed by atoms with E-state index in [0.717, 1.165) is 19.3 Å². The molecule has 0 unspecified atom stereocenters. The summed E-state index contributed by atoms with van der Waals surface area (Å²) in [7, 11) is 0. The lowest BCUT2D eigenvalue weighted by atomic mass is 10.2. The van der Waals surface area contributed by atoms with Gasteiger partial charge in [-0.3, -0.25) is 0 Å². The van der Waals surface area contributed by atoms with Crippen LogP contribution in [0.4, 0.5) is 0 Å². The molecule has 1 nitrogen and oxygen atoms in total. The van der Waals surface area contributed by atoms with E-state index in [0.29, 0.717) is 12.5 Å². The first-order valence-corrected chi connectivity index (χ1v) is 8.74. The van der Waals surface area contributed by atoms with Crippen LogP contribution in [0.1, 0.15) is 25.7 Å². The van der Waals surface area contributed by atoms with Gasteiger partial charge >= 0.3 is 6.00 Å². The molecule has 0 aliphatic heterocycles. The van der Waals surface area contributed by atoms with E-state index in [1.807, 2.05) is 0 Å². The van der Waals surface area contributed by atoms with Gasteiger partial charge in [-0.2, -0.15) is 5.26 Å². The lowest BCUT2D eigenvalue weighted by Gasteiger charge is -2.05. The van der Waals surface area contributed by atoms with Crippen LogP contribution in [0, 0.1) is 11.3 Å². The molecule has 0 aromatic rings. The van der Waals surface area contributed by atoms with E-state index in [4.69, 9.17) is 38.5 Å². The van der Waals surface area contributed by atoms with Gasteiger partial charge in [0.15, 0.2) is 0 Å². The molecule has 0 saturated heterocycles. The van der Waals surface area contributed by atoms with Crippen molar-refractivity contribution in [3.05, 3.63) is 0 Å². The minimum absolute atomic E-state index is 0.613. The fourth-order valence-electron chi connectivity index (χ4n) is 0.706. The Balaban J connectivity index is 3.10. The zero-order chi connectivity index (χ0) is 8.74. The molecule has 0 atom stereocenters. The molecule has 0 aliphatic carbocycles. The molecule has 0 rings (SSSR count). The molecule has 0 spiro atoms. The van der Waals surface area contributed by atoms with Crippen LogP contribution in [0.15, 0.2) is 0 Å². The summed E-state index contributed by atoms with van der Waals surface area (Å²) >= 11 is 17.0. The molecule has 0 amide bonds. The maximum Gasteiger partial charge on any atom is 0.341 e. The topological polar surface area (TPSA) is 23.8 Å². The SMILES string of the molecule is N#CCCCCC[Si](Cl)(Cl)Cl.